The van der Waals surface area contributed by atoms with Crippen LogP contribution in [0.25, 0.3) is 17.0 Å². The molecule has 2 N–H and O–H groups in total. The number of hydrogen-bond donors (Lipinski definition) is 2. The highest BCUT2D eigenvalue weighted by Gasteiger charge is 2.16. The maximum absolute atomic E-state index is 12.2. The molecule has 26 heavy (non-hydrogen) atoms. The molecule has 1 heterocycles. The average Bonchev–Trinajstić information content (AvgIpc) is 2.61. The molecular weight excluding hydrogens is 336 g/mol. The summed E-state index contributed by atoms with van der Waals surface area (Å²) in [6, 6.07) is 10.9. The Morgan fingerprint density at radius 3 is 2.62 bits per heavy atom. The zero-order valence-corrected chi connectivity index (χ0v) is 13.9. The molecule has 1 atom stereocenters. The maximum Gasteiger partial charge on any atom is 0.379 e. The lowest BCUT2D eigenvalue weighted by molar-refractivity contribution is 0.0694. The van der Waals surface area contributed by atoms with Crippen LogP contribution in [-0.2, 0) is 0 Å². The van der Waals surface area contributed by atoms with Gasteiger partial charge in [-0.15, -0.1) is 0 Å². The number of aromatic carboxylic acids is 1. The van der Waals surface area contributed by atoms with Crippen molar-refractivity contribution in [3.05, 3.63) is 76.2 Å². The summed E-state index contributed by atoms with van der Waals surface area (Å²) >= 11 is 0. The summed E-state index contributed by atoms with van der Waals surface area (Å²) in [4.78, 5) is 23.6. The lowest BCUT2D eigenvalue weighted by Crippen LogP contribution is -2.06. The predicted octanol–water partition coefficient (Wildman–Crippen LogP) is 3.98. The van der Waals surface area contributed by atoms with Crippen LogP contribution in [0.15, 0.2) is 58.3 Å². The van der Waals surface area contributed by atoms with Crippen molar-refractivity contribution in [3.8, 4) is 11.5 Å². The monoisotopic (exact) mass is 352 g/mol. The van der Waals surface area contributed by atoms with Crippen LogP contribution in [0.2, 0.25) is 0 Å². The minimum atomic E-state index is -1.18. The van der Waals surface area contributed by atoms with E-state index in [2.05, 4.69) is 6.58 Å². The zero-order valence-electron chi connectivity index (χ0n) is 13.9. The third-order valence-electron chi connectivity index (χ3n) is 3.90. The summed E-state index contributed by atoms with van der Waals surface area (Å²) < 4.78 is 10.8. The number of aliphatic hydroxyl groups excluding tert-OH is 1. The standard InChI is InChI=1S/C20H16O6/c1-3-12-4-7-16(15(8-12)19(22)23)25-18-10-14-6-5-13(11(2)21)9-17(14)26-20(18)24/h3-11,21H,1H2,2H3,(H,22,23). The molecule has 3 aromatic rings. The van der Waals surface area contributed by atoms with Gasteiger partial charge in [-0.05, 0) is 42.3 Å². The SMILES string of the molecule is C=Cc1ccc(Oc2cc3ccc(C(C)O)cc3oc2=O)c(C(=O)O)c1. The van der Waals surface area contributed by atoms with Gasteiger partial charge < -0.3 is 19.4 Å². The molecule has 0 aliphatic heterocycles. The molecule has 132 valence electrons. The van der Waals surface area contributed by atoms with E-state index in [-0.39, 0.29) is 17.1 Å². The molecule has 1 aromatic heterocycles. The average molecular weight is 352 g/mol. The molecule has 0 aliphatic rings. The molecule has 6 nitrogen and oxygen atoms in total. The third-order valence-corrected chi connectivity index (χ3v) is 3.90. The van der Waals surface area contributed by atoms with Crippen molar-refractivity contribution in [1.82, 2.24) is 0 Å². The summed E-state index contributed by atoms with van der Waals surface area (Å²) in [5.74, 6) is -1.29. The van der Waals surface area contributed by atoms with Gasteiger partial charge in [-0.3, -0.25) is 0 Å². The molecule has 3 rings (SSSR count). The van der Waals surface area contributed by atoms with Gasteiger partial charge in [0, 0.05) is 5.39 Å². The van der Waals surface area contributed by atoms with E-state index in [0.29, 0.717) is 22.1 Å². The van der Waals surface area contributed by atoms with E-state index < -0.39 is 17.7 Å². The van der Waals surface area contributed by atoms with E-state index in [1.165, 1.54) is 24.3 Å². The Hall–Kier alpha value is -3.38. The molecule has 6 heteroatoms. The first-order valence-corrected chi connectivity index (χ1v) is 7.82. The van der Waals surface area contributed by atoms with Gasteiger partial charge in [0.25, 0.3) is 0 Å². The van der Waals surface area contributed by atoms with Gasteiger partial charge in [0.15, 0.2) is 0 Å². The molecule has 0 amide bonds. The van der Waals surface area contributed by atoms with Crippen LogP contribution in [0.4, 0.5) is 0 Å². The normalized spacial score (nSPS) is 11.9. The van der Waals surface area contributed by atoms with Gasteiger partial charge in [0.05, 0.1) is 6.10 Å². The second-order valence-electron chi connectivity index (χ2n) is 5.74. The van der Waals surface area contributed by atoms with Crippen molar-refractivity contribution in [2.24, 2.45) is 0 Å². The topological polar surface area (TPSA) is 97.0 Å². The zero-order chi connectivity index (χ0) is 18.8. The van der Waals surface area contributed by atoms with Gasteiger partial charge in [-0.25, -0.2) is 9.59 Å². The Balaban J connectivity index is 2.05. The number of carboxylic acids is 1. The third kappa shape index (κ3) is 3.36. The molecule has 1 unspecified atom stereocenters. The lowest BCUT2D eigenvalue weighted by Gasteiger charge is -2.10. The van der Waals surface area contributed by atoms with Crippen LogP contribution in [0.3, 0.4) is 0 Å². The lowest BCUT2D eigenvalue weighted by atomic mass is 10.1. The Morgan fingerprint density at radius 2 is 1.96 bits per heavy atom. The first-order chi connectivity index (χ1) is 12.4. The molecule has 0 spiro atoms. The second kappa shape index (κ2) is 6.85. The fourth-order valence-electron chi connectivity index (χ4n) is 2.49. The summed E-state index contributed by atoms with van der Waals surface area (Å²) in [6.07, 6.45) is 0.822. The Morgan fingerprint density at radius 1 is 1.19 bits per heavy atom. The van der Waals surface area contributed by atoms with E-state index >= 15 is 0 Å². The van der Waals surface area contributed by atoms with Crippen molar-refractivity contribution in [3.63, 3.8) is 0 Å². The largest absolute Gasteiger partial charge is 0.478 e. The number of carbonyl (C=O) groups is 1. The number of aliphatic hydroxyl groups is 1. The van der Waals surface area contributed by atoms with Gasteiger partial charge >= 0.3 is 11.6 Å². The molecule has 0 fully saturated rings. The van der Waals surface area contributed by atoms with E-state index in [1.54, 1.807) is 31.2 Å². The Bertz CT molecular complexity index is 1060. The van der Waals surface area contributed by atoms with Crippen LogP contribution in [0.1, 0.15) is 34.5 Å². The second-order valence-corrected chi connectivity index (χ2v) is 5.74. The quantitative estimate of drug-likeness (QED) is 0.674. The molecule has 2 aromatic carbocycles. The number of fused-ring (bicyclic) bond motifs is 1. The van der Waals surface area contributed by atoms with Crippen molar-refractivity contribution < 1.29 is 24.2 Å². The molecular formula is C20H16O6. The van der Waals surface area contributed by atoms with Crippen molar-refractivity contribution >= 4 is 23.0 Å². The summed E-state index contributed by atoms with van der Waals surface area (Å²) in [5, 5.41) is 19.6. The highest BCUT2D eigenvalue weighted by atomic mass is 16.5. The minimum absolute atomic E-state index is 0.0235. The van der Waals surface area contributed by atoms with E-state index in [1.807, 2.05) is 0 Å². The van der Waals surface area contributed by atoms with Crippen LogP contribution >= 0.6 is 0 Å². The molecule has 0 radical (unpaired) electrons. The fourth-order valence-corrected chi connectivity index (χ4v) is 2.49. The number of ether oxygens (including phenoxy) is 1. The first-order valence-electron chi connectivity index (χ1n) is 7.82. The van der Waals surface area contributed by atoms with Crippen LogP contribution in [-0.4, -0.2) is 16.2 Å². The smallest absolute Gasteiger partial charge is 0.379 e. The van der Waals surface area contributed by atoms with Crippen molar-refractivity contribution in [2.45, 2.75) is 13.0 Å². The highest BCUT2D eigenvalue weighted by molar-refractivity contribution is 5.92. The maximum atomic E-state index is 12.2. The molecule has 0 bridgehead atoms. The summed E-state index contributed by atoms with van der Waals surface area (Å²) in [7, 11) is 0. The Kier molecular flexibility index (Phi) is 4.60. The van der Waals surface area contributed by atoms with Gasteiger partial charge in [0.1, 0.15) is 16.9 Å². The number of carboxylic acid groups (broad SMARTS) is 1. The number of hydrogen-bond acceptors (Lipinski definition) is 5. The number of benzene rings is 2. The predicted molar refractivity (Wildman–Crippen MR) is 96.7 cm³/mol. The van der Waals surface area contributed by atoms with Gasteiger partial charge in [-0.2, -0.15) is 0 Å². The van der Waals surface area contributed by atoms with E-state index in [9.17, 15) is 19.8 Å². The molecule has 0 saturated heterocycles. The highest BCUT2D eigenvalue weighted by Crippen LogP contribution is 2.28. The first kappa shape index (κ1) is 17.4. The Labute approximate surface area is 148 Å². The van der Waals surface area contributed by atoms with Crippen LogP contribution < -0.4 is 10.4 Å². The molecule has 0 aliphatic carbocycles. The van der Waals surface area contributed by atoms with Gasteiger partial charge in [0.2, 0.25) is 5.75 Å². The van der Waals surface area contributed by atoms with Crippen LogP contribution in [0, 0.1) is 0 Å². The summed E-state index contributed by atoms with van der Waals surface area (Å²) in [6.45, 7) is 5.20. The van der Waals surface area contributed by atoms with Gasteiger partial charge in [-0.1, -0.05) is 30.9 Å². The fraction of sp³-hybridized carbons (Fsp3) is 0.100. The summed E-state index contributed by atoms with van der Waals surface area (Å²) in [5.41, 5.74) is 0.699. The van der Waals surface area contributed by atoms with Crippen molar-refractivity contribution in [2.75, 3.05) is 0 Å². The van der Waals surface area contributed by atoms with Crippen LogP contribution in [0.5, 0.6) is 11.5 Å². The van der Waals surface area contributed by atoms with Crippen molar-refractivity contribution in [1.29, 1.82) is 0 Å². The number of rotatable bonds is 5. The van der Waals surface area contributed by atoms with E-state index in [0.717, 1.165) is 0 Å². The molecule has 0 saturated carbocycles. The minimum Gasteiger partial charge on any atom is -0.478 e. The van der Waals surface area contributed by atoms with E-state index in [4.69, 9.17) is 9.15 Å².